The second-order valence-corrected chi connectivity index (χ2v) is 9.86. The van der Waals surface area contributed by atoms with Gasteiger partial charge in [0.2, 0.25) is 0 Å². The second kappa shape index (κ2) is 11.9. The maximum Gasteiger partial charge on any atom is 0.323 e. The smallest absolute Gasteiger partial charge is 0.323 e. The third kappa shape index (κ3) is 7.08. The van der Waals surface area contributed by atoms with E-state index in [9.17, 15) is 9.59 Å². The molecule has 0 aliphatic heterocycles. The lowest BCUT2D eigenvalue weighted by Gasteiger charge is -2.38. The van der Waals surface area contributed by atoms with Crippen LogP contribution in [0.4, 0.5) is 21.9 Å². The molecular weight excluding hydrogens is 410 g/mol. The van der Waals surface area contributed by atoms with Gasteiger partial charge in [-0.15, -0.1) is 0 Å². The molecule has 2 amide bonds. The van der Waals surface area contributed by atoms with Crippen molar-refractivity contribution in [2.45, 2.75) is 78.2 Å². The van der Waals surface area contributed by atoms with Gasteiger partial charge in [-0.25, -0.2) is 4.79 Å². The molecule has 5 heteroatoms. The first-order valence-corrected chi connectivity index (χ1v) is 12.4. The molecule has 1 atom stereocenters. The molecule has 2 aromatic carbocycles. The molecule has 1 unspecified atom stereocenters. The normalized spacial score (nSPS) is 15.2. The molecule has 1 aliphatic rings. The number of carbonyl (C=O) groups is 2. The van der Waals surface area contributed by atoms with Gasteiger partial charge in [-0.05, 0) is 61.4 Å². The van der Waals surface area contributed by atoms with Crippen molar-refractivity contribution in [2.24, 2.45) is 5.92 Å². The number of carbonyl (C=O) groups excluding carboxylic acids is 2. The Morgan fingerprint density at radius 1 is 1.03 bits per heavy atom. The van der Waals surface area contributed by atoms with E-state index in [4.69, 9.17) is 0 Å². The zero-order chi connectivity index (χ0) is 23.8. The molecular formula is C28H39N3O2. The standard InChI is InChI=1S/C28H39N3O2/c1-20(2)19-31(25-8-6-5-7-9-25)27-15-12-23(22(4)16-17-32)18-26(27)30-28(33)29-24-13-10-21(3)11-14-24/h10-15,17-18,20,22,25H,5-9,16,19H2,1-4H3,(H2,29,30,33). The zero-order valence-electron chi connectivity index (χ0n) is 20.6. The van der Waals surface area contributed by atoms with Gasteiger partial charge in [0.1, 0.15) is 6.29 Å². The molecule has 33 heavy (non-hydrogen) atoms. The Morgan fingerprint density at radius 3 is 2.36 bits per heavy atom. The first-order chi connectivity index (χ1) is 15.9. The first kappa shape index (κ1) is 24.8. The van der Waals surface area contributed by atoms with E-state index in [1.54, 1.807) is 0 Å². The number of hydrogen-bond acceptors (Lipinski definition) is 3. The fourth-order valence-electron chi connectivity index (χ4n) is 4.64. The second-order valence-electron chi connectivity index (χ2n) is 9.86. The molecule has 0 radical (unpaired) electrons. The number of aldehydes is 1. The van der Waals surface area contributed by atoms with Crippen LogP contribution >= 0.6 is 0 Å². The summed E-state index contributed by atoms with van der Waals surface area (Å²) in [7, 11) is 0. The summed E-state index contributed by atoms with van der Waals surface area (Å²) >= 11 is 0. The summed E-state index contributed by atoms with van der Waals surface area (Å²) in [6.07, 6.45) is 7.61. The molecule has 2 N–H and O–H groups in total. The van der Waals surface area contributed by atoms with Crippen molar-refractivity contribution in [3.8, 4) is 0 Å². The van der Waals surface area contributed by atoms with Crippen LogP contribution in [0.5, 0.6) is 0 Å². The molecule has 1 fully saturated rings. The number of urea groups is 1. The van der Waals surface area contributed by atoms with Crippen LogP contribution in [0.2, 0.25) is 0 Å². The Balaban J connectivity index is 1.92. The summed E-state index contributed by atoms with van der Waals surface area (Å²) in [4.78, 5) is 26.5. The minimum Gasteiger partial charge on any atom is -0.367 e. The lowest BCUT2D eigenvalue weighted by atomic mass is 9.92. The quantitative estimate of drug-likeness (QED) is 0.400. The van der Waals surface area contributed by atoms with E-state index >= 15 is 0 Å². The largest absolute Gasteiger partial charge is 0.367 e. The maximum absolute atomic E-state index is 13.0. The fourth-order valence-corrected chi connectivity index (χ4v) is 4.64. The number of amides is 2. The van der Waals surface area contributed by atoms with Crippen molar-refractivity contribution >= 4 is 29.4 Å². The van der Waals surface area contributed by atoms with E-state index in [0.29, 0.717) is 18.4 Å². The van der Waals surface area contributed by atoms with Crippen LogP contribution in [0.25, 0.3) is 0 Å². The summed E-state index contributed by atoms with van der Waals surface area (Å²) in [6.45, 7) is 9.51. The van der Waals surface area contributed by atoms with Gasteiger partial charge in [0.15, 0.2) is 0 Å². The Labute approximate surface area is 199 Å². The van der Waals surface area contributed by atoms with Crippen LogP contribution in [0.3, 0.4) is 0 Å². The van der Waals surface area contributed by atoms with Gasteiger partial charge in [0.05, 0.1) is 11.4 Å². The van der Waals surface area contributed by atoms with E-state index in [1.165, 1.54) is 32.1 Å². The molecule has 0 spiro atoms. The average molecular weight is 450 g/mol. The van der Waals surface area contributed by atoms with E-state index in [2.05, 4.69) is 41.5 Å². The van der Waals surface area contributed by atoms with Crippen LogP contribution < -0.4 is 15.5 Å². The van der Waals surface area contributed by atoms with E-state index in [1.807, 2.05) is 44.2 Å². The number of hydrogen-bond donors (Lipinski definition) is 2. The van der Waals surface area contributed by atoms with Crippen molar-refractivity contribution in [1.29, 1.82) is 0 Å². The minimum absolute atomic E-state index is 0.102. The number of nitrogens with one attached hydrogen (secondary N) is 2. The van der Waals surface area contributed by atoms with Gasteiger partial charge in [0.25, 0.3) is 0 Å². The highest BCUT2D eigenvalue weighted by Crippen LogP contribution is 2.36. The van der Waals surface area contributed by atoms with Crippen LogP contribution in [0.1, 0.15) is 76.3 Å². The topological polar surface area (TPSA) is 61.4 Å². The molecule has 0 saturated heterocycles. The number of rotatable bonds is 9. The van der Waals surface area contributed by atoms with Gasteiger partial charge in [-0.1, -0.05) is 63.8 Å². The van der Waals surface area contributed by atoms with Crippen molar-refractivity contribution in [3.05, 3.63) is 53.6 Å². The number of nitrogens with zero attached hydrogens (tertiary/aromatic N) is 1. The van der Waals surface area contributed by atoms with Crippen molar-refractivity contribution in [2.75, 3.05) is 22.1 Å². The number of aryl methyl sites for hydroxylation is 1. The molecule has 1 saturated carbocycles. The van der Waals surface area contributed by atoms with Crippen LogP contribution in [0.15, 0.2) is 42.5 Å². The lowest BCUT2D eigenvalue weighted by molar-refractivity contribution is -0.108. The third-order valence-electron chi connectivity index (χ3n) is 6.48. The van der Waals surface area contributed by atoms with Gasteiger partial charge < -0.3 is 20.3 Å². The minimum atomic E-state index is -0.256. The number of anilines is 3. The maximum atomic E-state index is 13.0. The summed E-state index contributed by atoms with van der Waals surface area (Å²) in [6, 6.07) is 14.3. The Morgan fingerprint density at radius 2 is 1.73 bits per heavy atom. The lowest BCUT2D eigenvalue weighted by Crippen LogP contribution is -2.40. The Bertz CT molecular complexity index is 917. The molecule has 0 bridgehead atoms. The van der Waals surface area contributed by atoms with Gasteiger partial charge >= 0.3 is 6.03 Å². The molecule has 3 rings (SSSR count). The van der Waals surface area contributed by atoms with Crippen LogP contribution in [-0.4, -0.2) is 24.9 Å². The van der Waals surface area contributed by atoms with Crippen LogP contribution in [0, 0.1) is 12.8 Å². The highest BCUT2D eigenvalue weighted by molar-refractivity contribution is 6.02. The predicted molar refractivity (Wildman–Crippen MR) is 138 cm³/mol. The predicted octanol–water partition coefficient (Wildman–Crippen LogP) is 7.13. The summed E-state index contributed by atoms with van der Waals surface area (Å²) in [5.41, 5.74) is 4.84. The summed E-state index contributed by atoms with van der Waals surface area (Å²) in [5, 5.41) is 6.08. The zero-order valence-corrected chi connectivity index (χ0v) is 20.6. The molecule has 0 heterocycles. The third-order valence-corrected chi connectivity index (χ3v) is 6.48. The van der Waals surface area contributed by atoms with E-state index < -0.39 is 0 Å². The van der Waals surface area contributed by atoms with E-state index in [-0.39, 0.29) is 11.9 Å². The van der Waals surface area contributed by atoms with Crippen molar-refractivity contribution < 1.29 is 9.59 Å². The van der Waals surface area contributed by atoms with Gasteiger partial charge in [-0.2, -0.15) is 0 Å². The van der Waals surface area contributed by atoms with Gasteiger partial charge in [0, 0.05) is 24.7 Å². The molecule has 0 aromatic heterocycles. The molecule has 2 aromatic rings. The van der Waals surface area contributed by atoms with Crippen molar-refractivity contribution in [1.82, 2.24) is 0 Å². The average Bonchev–Trinajstić information content (AvgIpc) is 2.80. The molecule has 178 valence electrons. The summed E-state index contributed by atoms with van der Waals surface area (Å²) < 4.78 is 0. The highest BCUT2D eigenvalue weighted by Gasteiger charge is 2.25. The fraction of sp³-hybridized carbons (Fsp3) is 0.500. The monoisotopic (exact) mass is 449 g/mol. The van der Waals surface area contributed by atoms with Gasteiger partial charge in [-0.3, -0.25) is 0 Å². The Hall–Kier alpha value is -2.82. The SMILES string of the molecule is Cc1ccc(NC(=O)Nc2cc(C(C)CC=O)ccc2N(CC(C)C)C2CCCCC2)cc1. The summed E-state index contributed by atoms with van der Waals surface area (Å²) in [5.74, 6) is 0.611. The number of benzene rings is 2. The molecule has 1 aliphatic carbocycles. The first-order valence-electron chi connectivity index (χ1n) is 12.4. The highest BCUT2D eigenvalue weighted by atomic mass is 16.2. The van der Waals surface area contributed by atoms with Crippen LogP contribution in [-0.2, 0) is 4.79 Å². The Kier molecular flexibility index (Phi) is 8.93. The van der Waals surface area contributed by atoms with E-state index in [0.717, 1.165) is 41.0 Å². The van der Waals surface area contributed by atoms with Crippen molar-refractivity contribution in [3.63, 3.8) is 0 Å². The molecule has 5 nitrogen and oxygen atoms in total.